The fraction of sp³-hybridized carbons (Fsp3) is 0.200. The molecule has 0 fully saturated rings. The number of hydrogen-bond donors (Lipinski definition) is 0. The molecule has 0 N–H and O–H groups in total. The first-order valence-electron chi connectivity index (χ1n) is 5.85. The van der Waals surface area contributed by atoms with Crippen molar-refractivity contribution in [2.75, 3.05) is 14.1 Å². The van der Waals surface area contributed by atoms with E-state index in [2.05, 4.69) is 38.4 Å². The van der Waals surface area contributed by atoms with Crippen molar-refractivity contribution < 1.29 is 4.74 Å². The van der Waals surface area contributed by atoms with Crippen LogP contribution in [0, 0.1) is 0 Å². The minimum Gasteiger partial charge on any atom is -0.451 e. The zero-order valence-electron chi connectivity index (χ0n) is 10.2. The Kier molecular flexibility index (Phi) is 2.20. The lowest BCUT2D eigenvalue weighted by atomic mass is 10.1. The molecule has 0 spiro atoms. The van der Waals surface area contributed by atoms with Crippen molar-refractivity contribution in [1.29, 1.82) is 0 Å². The highest BCUT2D eigenvalue weighted by molar-refractivity contribution is 5.59. The summed E-state index contributed by atoms with van der Waals surface area (Å²) in [5, 5.41) is 0. The molecule has 0 unspecified atom stereocenters. The standard InChI is InChI=1S/C15H16NO/c1-16(2)11-12-7-3-5-9-14(12)17-15-10-6-4-8-13(15)16/h3-10H,11H2,1-2H3/q+1. The number of fused-ring (bicyclic) bond motifs is 2. The summed E-state index contributed by atoms with van der Waals surface area (Å²) in [6.45, 7) is 0.952. The summed E-state index contributed by atoms with van der Waals surface area (Å²) in [5.41, 5.74) is 2.48. The second-order valence-electron chi connectivity index (χ2n) is 5.02. The zero-order chi connectivity index (χ0) is 11.9. The Balaban J connectivity index is 2.21. The van der Waals surface area contributed by atoms with Gasteiger partial charge in [-0.3, -0.25) is 4.48 Å². The van der Waals surface area contributed by atoms with Gasteiger partial charge in [0.05, 0.1) is 14.1 Å². The van der Waals surface area contributed by atoms with Crippen molar-refractivity contribution in [1.82, 2.24) is 4.48 Å². The van der Waals surface area contributed by atoms with Gasteiger partial charge in [0.25, 0.3) is 0 Å². The molecule has 0 amide bonds. The molecule has 2 aromatic rings. The number of hydrogen-bond acceptors (Lipinski definition) is 1. The molecule has 2 nitrogen and oxygen atoms in total. The molecule has 1 heterocycles. The van der Waals surface area contributed by atoms with Crippen molar-refractivity contribution in [2.45, 2.75) is 6.54 Å². The number of para-hydroxylation sites is 3. The zero-order valence-corrected chi connectivity index (χ0v) is 10.2. The molecule has 3 rings (SSSR count). The van der Waals surface area contributed by atoms with Gasteiger partial charge in [0.1, 0.15) is 12.3 Å². The molecule has 0 radical (unpaired) electrons. The molecule has 0 bridgehead atoms. The number of rotatable bonds is 0. The summed E-state index contributed by atoms with van der Waals surface area (Å²) < 4.78 is 6.84. The SMILES string of the molecule is C[N+]1(C)Cc2ccccc2Oc2ccccc21. The van der Waals surface area contributed by atoms with Gasteiger partial charge in [-0.15, -0.1) is 0 Å². The number of quaternary nitrogens is 1. The molecular formula is C15H16NO+. The van der Waals surface area contributed by atoms with Crippen molar-refractivity contribution in [3.05, 3.63) is 54.1 Å². The molecule has 86 valence electrons. The summed E-state index contributed by atoms with van der Waals surface area (Å²) in [5.74, 6) is 1.94. The summed E-state index contributed by atoms with van der Waals surface area (Å²) in [7, 11) is 4.43. The van der Waals surface area contributed by atoms with Crippen LogP contribution in [0.25, 0.3) is 0 Å². The Morgan fingerprint density at radius 3 is 2.35 bits per heavy atom. The molecule has 0 saturated carbocycles. The van der Waals surface area contributed by atoms with E-state index in [1.807, 2.05) is 24.3 Å². The largest absolute Gasteiger partial charge is 0.451 e. The molecule has 0 aliphatic carbocycles. The van der Waals surface area contributed by atoms with E-state index in [1.54, 1.807) is 0 Å². The third-order valence-corrected chi connectivity index (χ3v) is 3.28. The van der Waals surface area contributed by atoms with Crippen LogP contribution in [-0.2, 0) is 6.54 Å². The van der Waals surface area contributed by atoms with Crippen LogP contribution in [0.5, 0.6) is 11.5 Å². The Labute approximate surface area is 102 Å². The molecule has 2 aromatic carbocycles. The maximum Gasteiger partial charge on any atom is 0.188 e. The van der Waals surface area contributed by atoms with Gasteiger partial charge >= 0.3 is 0 Å². The van der Waals surface area contributed by atoms with Gasteiger partial charge < -0.3 is 4.74 Å². The van der Waals surface area contributed by atoms with Gasteiger partial charge in [0, 0.05) is 11.6 Å². The molecule has 1 aliphatic rings. The Morgan fingerprint density at radius 2 is 1.53 bits per heavy atom. The highest BCUT2D eigenvalue weighted by Gasteiger charge is 2.29. The minimum absolute atomic E-state index is 0.813. The second-order valence-corrected chi connectivity index (χ2v) is 5.02. The summed E-state index contributed by atoms with van der Waals surface area (Å²) >= 11 is 0. The average Bonchev–Trinajstić information content (AvgIpc) is 2.42. The van der Waals surface area contributed by atoms with Crippen molar-refractivity contribution in [2.24, 2.45) is 0 Å². The van der Waals surface area contributed by atoms with E-state index in [0.29, 0.717) is 0 Å². The second kappa shape index (κ2) is 3.60. The van der Waals surface area contributed by atoms with Crippen molar-refractivity contribution >= 4 is 5.69 Å². The normalized spacial score (nSPS) is 16.4. The highest BCUT2D eigenvalue weighted by Crippen LogP contribution is 2.40. The molecule has 1 aliphatic heterocycles. The summed E-state index contributed by atoms with van der Waals surface area (Å²) in [4.78, 5) is 0. The third kappa shape index (κ3) is 1.71. The lowest BCUT2D eigenvalue weighted by molar-refractivity contribution is 0.392. The van der Waals surface area contributed by atoms with Crippen LogP contribution in [-0.4, -0.2) is 14.1 Å². The number of benzene rings is 2. The van der Waals surface area contributed by atoms with Crippen LogP contribution in [0.4, 0.5) is 5.69 Å². The maximum absolute atomic E-state index is 6.02. The van der Waals surface area contributed by atoms with Crippen molar-refractivity contribution in [3.63, 3.8) is 0 Å². The van der Waals surface area contributed by atoms with Crippen LogP contribution in [0.1, 0.15) is 5.56 Å². The van der Waals surface area contributed by atoms with Crippen LogP contribution in [0.15, 0.2) is 48.5 Å². The van der Waals surface area contributed by atoms with E-state index in [9.17, 15) is 0 Å². The number of nitrogens with zero attached hydrogens (tertiary/aromatic N) is 1. The van der Waals surface area contributed by atoms with Crippen LogP contribution < -0.4 is 9.22 Å². The minimum atomic E-state index is 0.813. The lowest BCUT2D eigenvalue weighted by Crippen LogP contribution is -2.38. The summed E-state index contributed by atoms with van der Waals surface area (Å²) in [6.07, 6.45) is 0. The first kappa shape index (κ1) is 10.4. The quantitative estimate of drug-likeness (QED) is 0.624. The Morgan fingerprint density at radius 1 is 0.882 bits per heavy atom. The maximum atomic E-state index is 6.02. The smallest absolute Gasteiger partial charge is 0.188 e. The molecule has 17 heavy (non-hydrogen) atoms. The monoisotopic (exact) mass is 226 g/mol. The van der Waals surface area contributed by atoms with E-state index < -0.39 is 0 Å². The van der Waals surface area contributed by atoms with E-state index in [-0.39, 0.29) is 0 Å². The van der Waals surface area contributed by atoms with Gasteiger partial charge in [0.2, 0.25) is 0 Å². The van der Waals surface area contributed by atoms with Gasteiger partial charge in [-0.2, -0.15) is 0 Å². The predicted molar refractivity (Wildman–Crippen MR) is 70.3 cm³/mol. The van der Waals surface area contributed by atoms with E-state index in [1.165, 1.54) is 11.3 Å². The van der Waals surface area contributed by atoms with E-state index in [4.69, 9.17) is 4.74 Å². The predicted octanol–water partition coefficient (Wildman–Crippen LogP) is 3.56. The van der Waals surface area contributed by atoms with Gasteiger partial charge in [-0.1, -0.05) is 24.3 Å². The number of ether oxygens (including phenoxy) is 1. The molecule has 2 heteroatoms. The lowest BCUT2D eigenvalue weighted by Gasteiger charge is -2.28. The van der Waals surface area contributed by atoms with E-state index >= 15 is 0 Å². The molecule has 0 aromatic heterocycles. The fourth-order valence-electron chi connectivity index (χ4n) is 2.41. The van der Waals surface area contributed by atoms with Crippen molar-refractivity contribution in [3.8, 4) is 11.5 Å². The summed E-state index contributed by atoms with van der Waals surface area (Å²) in [6, 6.07) is 16.5. The van der Waals surface area contributed by atoms with Crippen LogP contribution in [0.3, 0.4) is 0 Å². The van der Waals surface area contributed by atoms with Crippen LogP contribution in [0.2, 0.25) is 0 Å². The molecule has 0 atom stereocenters. The highest BCUT2D eigenvalue weighted by atomic mass is 16.5. The van der Waals surface area contributed by atoms with Crippen LogP contribution >= 0.6 is 0 Å². The molecule has 0 saturated heterocycles. The van der Waals surface area contributed by atoms with Gasteiger partial charge in [-0.25, -0.2) is 0 Å². The first-order chi connectivity index (χ1) is 8.17. The first-order valence-corrected chi connectivity index (χ1v) is 5.85. The third-order valence-electron chi connectivity index (χ3n) is 3.28. The molecular weight excluding hydrogens is 210 g/mol. The Hall–Kier alpha value is -1.80. The van der Waals surface area contributed by atoms with E-state index in [0.717, 1.165) is 22.5 Å². The fourth-order valence-corrected chi connectivity index (χ4v) is 2.41. The van der Waals surface area contributed by atoms with Gasteiger partial charge in [-0.05, 0) is 18.2 Å². The van der Waals surface area contributed by atoms with Gasteiger partial charge in [0.15, 0.2) is 11.4 Å². The Bertz CT molecular complexity index is 560. The average molecular weight is 226 g/mol. The topological polar surface area (TPSA) is 9.23 Å².